The van der Waals surface area contributed by atoms with Crippen molar-refractivity contribution in [3.8, 4) is 5.75 Å². The summed E-state index contributed by atoms with van der Waals surface area (Å²) in [4.78, 5) is 11.2. The summed E-state index contributed by atoms with van der Waals surface area (Å²) in [6.45, 7) is 1.71. The molecule has 0 aromatic heterocycles. The topological polar surface area (TPSA) is 70.6 Å². The zero-order valence-electron chi connectivity index (χ0n) is 9.74. The van der Waals surface area contributed by atoms with E-state index in [1.54, 1.807) is 25.1 Å². The highest BCUT2D eigenvalue weighted by Crippen LogP contribution is 2.27. The van der Waals surface area contributed by atoms with Gasteiger partial charge in [0.15, 0.2) is 6.73 Å². The summed E-state index contributed by atoms with van der Waals surface area (Å²) in [6, 6.07) is 4.36. The van der Waals surface area contributed by atoms with Gasteiger partial charge in [0, 0.05) is 11.6 Å². The van der Waals surface area contributed by atoms with E-state index in [1.807, 2.05) is 0 Å². The van der Waals surface area contributed by atoms with Crippen LogP contribution in [0.4, 0.5) is 4.79 Å². The minimum absolute atomic E-state index is 0.0347. The fourth-order valence-electron chi connectivity index (χ4n) is 1.07. The van der Waals surface area contributed by atoms with Crippen molar-refractivity contribution in [2.45, 2.75) is 13.0 Å². The van der Waals surface area contributed by atoms with Crippen molar-refractivity contribution in [1.82, 2.24) is 10.6 Å². The molecular weight excluding hydrogens is 279 g/mol. The Morgan fingerprint density at radius 1 is 1.44 bits per heavy atom. The molecule has 1 rings (SSSR count). The van der Waals surface area contributed by atoms with Gasteiger partial charge in [-0.2, -0.15) is 0 Å². The fourth-order valence-corrected chi connectivity index (χ4v) is 1.54. The molecule has 0 fully saturated rings. The lowest BCUT2D eigenvalue weighted by Crippen LogP contribution is -2.40. The molecule has 5 nitrogen and oxygen atoms in total. The second-order valence-electron chi connectivity index (χ2n) is 3.60. The summed E-state index contributed by atoms with van der Waals surface area (Å²) < 4.78 is 5.24. The molecular formula is C11H14Cl2N2O3. The first-order valence-electron chi connectivity index (χ1n) is 5.26. The summed E-state index contributed by atoms with van der Waals surface area (Å²) in [5, 5.41) is 14.8. The van der Waals surface area contributed by atoms with Gasteiger partial charge < -0.3 is 20.5 Å². The number of aliphatic hydroxyl groups excluding tert-OH is 1. The van der Waals surface area contributed by atoms with Crippen LogP contribution in [-0.2, 0) is 0 Å². The predicted molar refractivity (Wildman–Crippen MR) is 70.2 cm³/mol. The number of carbonyl (C=O) groups excluding carboxylic acids is 1. The second-order valence-corrected chi connectivity index (χ2v) is 4.44. The highest BCUT2D eigenvalue weighted by Gasteiger charge is 2.04. The SMILES string of the molecule is CC(O)CNC(=O)NCOc1ccc(Cl)cc1Cl. The predicted octanol–water partition coefficient (Wildman–Crippen LogP) is 2.01. The average molecular weight is 293 g/mol. The van der Waals surface area contributed by atoms with Crippen LogP contribution in [-0.4, -0.2) is 30.5 Å². The van der Waals surface area contributed by atoms with Gasteiger partial charge in [-0.15, -0.1) is 0 Å². The molecule has 1 aromatic carbocycles. The van der Waals surface area contributed by atoms with Crippen molar-refractivity contribution in [3.05, 3.63) is 28.2 Å². The third kappa shape index (κ3) is 5.44. The number of benzene rings is 1. The maximum atomic E-state index is 11.2. The number of carbonyl (C=O) groups is 1. The van der Waals surface area contributed by atoms with E-state index in [4.69, 9.17) is 33.0 Å². The number of hydrogen-bond donors (Lipinski definition) is 3. The lowest BCUT2D eigenvalue weighted by Gasteiger charge is -2.11. The molecule has 0 saturated heterocycles. The van der Waals surface area contributed by atoms with Gasteiger partial charge in [0.25, 0.3) is 0 Å². The van der Waals surface area contributed by atoms with Crippen molar-refractivity contribution >= 4 is 29.2 Å². The molecule has 18 heavy (non-hydrogen) atoms. The van der Waals surface area contributed by atoms with E-state index in [1.165, 1.54) is 0 Å². The highest BCUT2D eigenvalue weighted by atomic mass is 35.5. The second kappa shape index (κ2) is 7.31. The number of rotatable bonds is 5. The maximum Gasteiger partial charge on any atom is 0.317 e. The number of halogens is 2. The minimum Gasteiger partial charge on any atom is -0.472 e. The van der Waals surface area contributed by atoms with E-state index in [2.05, 4.69) is 10.6 Å². The molecule has 0 aliphatic heterocycles. The molecule has 1 unspecified atom stereocenters. The van der Waals surface area contributed by atoms with Gasteiger partial charge in [0.1, 0.15) is 5.75 Å². The van der Waals surface area contributed by atoms with Crippen LogP contribution < -0.4 is 15.4 Å². The van der Waals surface area contributed by atoms with E-state index in [0.717, 1.165) is 0 Å². The molecule has 2 amide bonds. The van der Waals surface area contributed by atoms with Crippen molar-refractivity contribution in [3.63, 3.8) is 0 Å². The molecule has 1 atom stereocenters. The summed E-state index contributed by atoms with van der Waals surface area (Å²) >= 11 is 11.6. The third-order valence-corrected chi connectivity index (χ3v) is 2.44. The van der Waals surface area contributed by atoms with Crippen molar-refractivity contribution in [2.75, 3.05) is 13.3 Å². The van der Waals surface area contributed by atoms with Crippen LogP contribution >= 0.6 is 23.2 Å². The lowest BCUT2D eigenvalue weighted by molar-refractivity contribution is 0.184. The average Bonchev–Trinajstić information content (AvgIpc) is 2.29. The summed E-state index contributed by atoms with van der Waals surface area (Å²) in [6.07, 6.45) is -0.595. The first-order chi connectivity index (χ1) is 8.49. The van der Waals surface area contributed by atoms with E-state index in [9.17, 15) is 4.79 Å². The van der Waals surface area contributed by atoms with Gasteiger partial charge in [0.05, 0.1) is 11.1 Å². The standard InChI is InChI=1S/C11H14Cl2N2O3/c1-7(16)5-14-11(17)15-6-18-10-3-2-8(12)4-9(10)13/h2-4,7,16H,5-6H2,1H3,(H2,14,15,17). The van der Waals surface area contributed by atoms with Crippen LogP contribution in [0.25, 0.3) is 0 Å². The Morgan fingerprint density at radius 2 is 2.17 bits per heavy atom. The van der Waals surface area contributed by atoms with Gasteiger partial charge in [-0.3, -0.25) is 0 Å². The van der Waals surface area contributed by atoms with Gasteiger partial charge in [-0.25, -0.2) is 4.79 Å². The van der Waals surface area contributed by atoms with Crippen LogP contribution in [0.5, 0.6) is 5.75 Å². The van der Waals surface area contributed by atoms with Crippen LogP contribution in [0.3, 0.4) is 0 Å². The molecule has 0 aliphatic carbocycles. The number of urea groups is 1. The van der Waals surface area contributed by atoms with Crippen molar-refractivity contribution in [1.29, 1.82) is 0 Å². The third-order valence-electron chi connectivity index (χ3n) is 1.91. The monoisotopic (exact) mass is 292 g/mol. The Hall–Kier alpha value is -1.17. The maximum absolute atomic E-state index is 11.2. The van der Waals surface area contributed by atoms with Crippen LogP contribution in [0.1, 0.15) is 6.92 Å². The molecule has 3 N–H and O–H groups in total. The Balaban J connectivity index is 2.31. The van der Waals surface area contributed by atoms with Gasteiger partial charge in [0.2, 0.25) is 0 Å². The quantitative estimate of drug-likeness (QED) is 0.727. The van der Waals surface area contributed by atoms with Gasteiger partial charge in [-0.1, -0.05) is 23.2 Å². The number of amides is 2. The normalized spacial score (nSPS) is 11.8. The molecule has 7 heteroatoms. The molecule has 0 aliphatic rings. The zero-order chi connectivity index (χ0) is 13.5. The van der Waals surface area contributed by atoms with Crippen LogP contribution in [0.15, 0.2) is 18.2 Å². The van der Waals surface area contributed by atoms with Crippen LogP contribution in [0.2, 0.25) is 10.0 Å². The fraction of sp³-hybridized carbons (Fsp3) is 0.364. The molecule has 0 radical (unpaired) electrons. The summed E-state index contributed by atoms with van der Waals surface area (Å²) in [5.41, 5.74) is 0. The van der Waals surface area contributed by atoms with Gasteiger partial charge in [-0.05, 0) is 25.1 Å². The molecule has 0 spiro atoms. The smallest absolute Gasteiger partial charge is 0.317 e. The van der Waals surface area contributed by atoms with E-state index < -0.39 is 12.1 Å². The number of ether oxygens (including phenoxy) is 1. The molecule has 1 aromatic rings. The Labute approximate surface area is 115 Å². The highest BCUT2D eigenvalue weighted by molar-refractivity contribution is 6.35. The molecule has 0 saturated carbocycles. The zero-order valence-corrected chi connectivity index (χ0v) is 11.3. The Bertz CT molecular complexity index is 413. The number of aliphatic hydroxyl groups is 1. The van der Waals surface area contributed by atoms with Crippen LogP contribution in [0, 0.1) is 0 Å². The van der Waals surface area contributed by atoms with Crippen molar-refractivity contribution in [2.24, 2.45) is 0 Å². The molecule has 0 bridgehead atoms. The largest absolute Gasteiger partial charge is 0.472 e. The summed E-state index contributed by atoms with van der Waals surface area (Å²) in [5.74, 6) is 0.428. The van der Waals surface area contributed by atoms with Crippen molar-refractivity contribution < 1.29 is 14.6 Å². The lowest BCUT2D eigenvalue weighted by atomic mass is 10.3. The Kier molecular flexibility index (Phi) is 6.04. The number of nitrogens with one attached hydrogen (secondary N) is 2. The molecule has 100 valence electrons. The van der Waals surface area contributed by atoms with E-state index in [-0.39, 0.29) is 13.3 Å². The Morgan fingerprint density at radius 3 is 2.78 bits per heavy atom. The number of hydrogen-bond acceptors (Lipinski definition) is 3. The van der Waals surface area contributed by atoms with E-state index >= 15 is 0 Å². The van der Waals surface area contributed by atoms with E-state index in [0.29, 0.717) is 15.8 Å². The first-order valence-corrected chi connectivity index (χ1v) is 6.02. The van der Waals surface area contributed by atoms with Gasteiger partial charge >= 0.3 is 6.03 Å². The minimum atomic E-state index is -0.595. The molecule has 0 heterocycles. The summed E-state index contributed by atoms with van der Waals surface area (Å²) in [7, 11) is 0. The first kappa shape index (κ1) is 14.9.